The quantitative estimate of drug-likeness (QED) is 0.855. The number of β-amino-alcohol motifs (C(OH)–C–C–N with tert-alkyl or cyclic N) is 1. The Morgan fingerprint density at radius 3 is 2.86 bits per heavy atom. The van der Waals surface area contributed by atoms with Gasteiger partial charge < -0.3 is 10.4 Å². The van der Waals surface area contributed by atoms with Gasteiger partial charge in [0.15, 0.2) is 0 Å². The molecule has 0 spiro atoms. The molecule has 3 rings (SSSR count). The van der Waals surface area contributed by atoms with E-state index in [1.54, 1.807) is 0 Å². The zero-order valence-electron chi connectivity index (χ0n) is 12.6. The number of fused-ring (bicyclic) bond motifs is 1. The van der Waals surface area contributed by atoms with Gasteiger partial charge in [0.25, 0.3) is 0 Å². The van der Waals surface area contributed by atoms with Crippen LogP contribution >= 0.6 is 0 Å². The van der Waals surface area contributed by atoms with Crippen molar-refractivity contribution in [3.63, 3.8) is 0 Å². The summed E-state index contributed by atoms with van der Waals surface area (Å²) in [5.74, 6) is 0.797. The third-order valence-corrected chi connectivity index (χ3v) is 4.64. The standard InChI is InChI=1S/C17H24N2O2/c1-12-8-16(12)17(21)18-9-15(20)11-19-7-6-13-4-2-3-5-14(13)10-19/h2-5,12,15-16,20H,6-11H2,1H3,(H,18,21). The number of benzene rings is 1. The summed E-state index contributed by atoms with van der Waals surface area (Å²) in [5.41, 5.74) is 2.77. The molecule has 0 radical (unpaired) electrons. The van der Waals surface area contributed by atoms with E-state index in [1.165, 1.54) is 11.1 Å². The lowest BCUT2D eigenvalue weighted by Crippen LogP contribution is -2.42. The van der Waals surface area contributed by atoms with Gasteiger partial charge in [-0.15, -0.1) is 0 Å². The number of amides is 1. The molecule has 4 nitrogen and oxygen atoms in total. The molecule has 1 aliphatic carbocycles. The molecule has 1 aromatic carbocycles. The van der Waals surface area contributed by atoms with Crippen LogP contribution in [0.25, 0.3) is 0 Å². The maximum atomic E-state index is 11.7. The van der Waals surface area contributed by atoms with Gasteiger partial charge >= 0.3 is 0 Å². The Labute approximate surface area is 126 Å². The van der Waals surface area contributed by atoms with E-state index in [1.807, 2.05) is 0 Å². The molecule has 0 aromatic heterocycles. The third-order valence-electron chi connectivity index (χ3n) is 4.64. The number of nitrogens with zero attached hydrogens (tertiary/aromatic N) is 1. The molecular weight excluding hydrogens is 264 g/mol. The lowest BCUT2D eigenvalue weighted by atomic mass is 10.00. The predicted octanol–water partition coefficient (Wildman–Crippen LogP) is 1.18. The van der Waals surface area contributed by atoms with Gasteiger partial charge in [-0.3, -0.25) is 9.69 Å². The van der Waals surface area contributed by atoms with Crippen LogP contribution in [0, 0.1) is 11.8 Å². The minimum absolute atomic E-state index is 0.102. The zero-order chi connectivity index (χ0) is 14.8. The van der Waals surface area contributed by atoms with E-state index in [4.69, 9.17) is 0 Å². The molecular formula is C17H24N2O2. The number of nitrogens with one attached hydrogen (secondary N) is 1. The van der Waals surface area contributed by atoms with Gasteiger partial charge in [-0.2, -0.15) is 0 Å². The molecule has 0 saturated heterocycles. The monoisotopic (exact) mass is 288 g/mol. The first-order valence-electron chi connectivity index (χ1n) is 7.88. The van der Waals surface area contributed by atoms with Crippen molar-refractivity contribution in [3.05, 3.63) is 35.4 Å². The van der Waals surface area contributed by atoms with Crippen LogP contribution < -0.4 is 5.32 Å². The second kappa shape index (κ2) is 6.16. The summed E-state index contributed by atoms with van der Waals surface area (Å²) >= 11 is 0. The molecule has 2 N–H and O–H groups in total. The first kappa shape index (κ1) is 14.5. The molecule has 3 atom stereocenters. The lowest BCUT2D eigenvalue weighted by molar-refractivity contribution is -0.123. The fraction of sp³-hybridized carbons (Fsp3) is 0.588. The van der Waals surface area contributed by atoms with E-state index in [0.29, 0.717) is 19.0 Å². The van der Waals surface area contributed by atoms with Crippen LogP contribution in [0.2, 0.25) is 0 Å². The number of carbonyl (C=O) groups excluding carboxylic acids is 1. The van der Waals surface area contributed by atoms with E-state index in [2.05, 4.69) is 41.4 Å². The van der Waals surface area contributed by atoms with Crippen molar-refractivity contribution in [1.82, 2.24) is 10.2 Å². The topological polar surface area (TPSA) is 52.6 Å². The number of rotatable bonds is 5. The van der Waals surface area contributed by atoms with Crippen LogP contribution in [-0.4, -0.2) is 41.7 Å². The Bertz CT molecular complexity index is 517. The van der Waals surface area contributed by atoms with E-state index >= 15 is 0 Å². The molecule has 1 amide bonds. The summed E-state index contributed by atoms with van der Waals surface area (Å²) in [5, 5.41) is 13.0. The average molecular weight is 288 g/mol. The lowest BCUT2D eigenvalue weighted by Gasteiger charge is -2.30. The highest BCUT2D eigenvalue weighted by Crippen LogP contribution is 2.37. The highest BCUT2D eigenvalue weighted by Gasteiger charge is 2.39. The minimum Gasteiger partial charge on any atom is -0.390 e. The molecule has 3 unspecified atom stereocenters. The molecule has 1 heterocycles. The summed E-state index contributed by atoms with van der Waals surface area (Å²) in [6.45, 7) is 4.93. The summed E-state index contributed by atoms with van der Waals surface area (Å²) in [6, 6.07) is 8.48. The van der Waals surface area contributed by atoms with Crippen molar-refractivity contribution in [3.8, 4) is 0 Å². The van der Waals surface area contributed by atoms with Crippen LogP contribution in [0.3, 0.4) is 0 Å². The third kappa shape index (κ3) is 3.63. The molecule has 1 fully saturated rings. The van der Waals surface area contributed by atoms with Crippen LogP contribution in [-0.2, 0) is 17.8 Å². The fourth-order valence-corrected chi connectivity index (χ4v) is 3.11. The van der Waals surface area contributed by atoms with E-state index in [9.17, 15) is 9.90 Å². The van der Waals surface area contributed by atoms with Gasteiger partial charge in [-0.1, -0.05) is 31.2 Å². The van der Waals surface area contributed by atoms with Gasteiger partial charge in [-0.05, 0) is 29.9 Å². The fourth-order valence-electron chi connectivity index (χ4n) is 3.11. The smallest absolute Gasteiger partial charge is 0.223 e. The first-order chi connectivity index (χ1) is 10.1. The zero-order valence-corrected chi connectivity index (χ0v) is 12.6. The second-order valence-corrected chi connectivity index (χ2v) is 6.47. The number of hydrogen-bond acceptors (Lipinski definition) is 3. The van der Waals surface area contributed by atoms with Crippen molar-refractivity contribution in [2.75, 3.05) is 19.6 Å². The Morgan fingerprint density at radius 2 is 2.14 bits per heavy atom. The van der Waals surface area contributed by atoms with E-state index in [-0.39, 0.29) is 11.8 Å². The summed E-state index contributed by atoms with van der Waals surface area (Å²) in [7, 11) is 0. The molecule has 114 valence electrons. The van der Waals surface area contributed by atoms with Crippen LogP contribution in [0.4, 0.5) is 0 Å². The summed E-state index contributed by atoms with van der Waals surface area (Å²) < 4.78 is 0. The number of aliphatic hydroxyl groups excluding tert-OH is 1. The molecule has 1 aromatic rings. The maximum absolute atomic E-state index is 11.7. The molecule has 1 aliphatic heterocycles. The Kier molecular flexibility index (Phi) is 4.27. The van der Waals surface area contributed by atoms with Crippen LogP contribution in [0.5, 0.6) is 0 Å². The first-order valence-corrected chi connectivity index (χ1v) is 7.88. The highest BCUT2D eigenvalue weighted by atomic mass is 16.3. The Hall–Kier alpha value is -1.39. The predicted molar refractivity (Wildman–Crippen MR) is 81.7 cm³/mol. The van der Waals surface area contributed by atoms with Gasteiger partial charge in [0, 0.05) is 32.1 Å². The average Bonchev–Trinajstić information content (AvgIpc) is 3.22. The van der Waals surface area contributed by atoms with Crippen molar-refractivity contribution in [2.45, 2.75) is 32.4 Å². The molecule has 2 aliphatic rings. The molecule has 0 bridgehead atoms. The summed E-state index contributed by atoms with van der Waals surface area (Å²) in [6.07, 6.45) is 1.54. The Morgan fingerprint density at radius 1 is 1.43 bits per heavy atom. The molecule has 21 heavy (non-hydrogen) atoms. The van der Waals surface area contributed by atoms with Crippen molar-refractivity contribution < 1.29 is 9.90 Å². The van der Waals surface area contributed by atoms with Gasteiger partial charge in [0.1, 0.15) is 0 Å². The SMILES string of the molecule is CC1CC1C(=O)NCC(O)CN1CCc2ccccc2C1. The normalized spacial score (nSPS) is 26.0. The summed E-state index contributed by atoms with van der Waals surface area (Å²) in [4.78, 5) is 14.0. The maximum Gasteiger partial charge on any atom is 0.223 e. The number of aliphatic hydroxyl groups is 1. The van der Waals surface area contributed by atoms with E-state index < -0.39 is 6.10 Å². The van der Waals surface area contributed by atoms with Crippen LogP contribution in [0.1, 0.15) is 24.5 Å². The van der Waals surface area contributed by atoms with Crippen LogP contribution in [0.15, 0.2) is 24.3 Å². The number of carbonyl (C=O) groups is 1. The van der Waals surface area contributed by atoms with Gasteiger partial charge in [0.05, 0.1) is 6.10 Å². The largest absolute Gasteiger partial charge is 0.390 e. The second-order valence-electron chi connectivity index (χ2n) is 6.47. The molecule has 1 saturated carbocycles. The van der Waals surface area contributed by atoms with Gasteiger partial charge in [0.2, 0.25) is 5.91 Å². The van der Waals surface area contributed by atoms with E-state index in [0.717, 1.165) is 25.9 Å². The number of hydrogen-bond donors (Lipinski definition) is 2. The molecule has 4 heteroatoms. The van der Waals surface area contributed by atoms with Crippen molar-refractivity contribution in [1.29, 1.82) is 0 Å². The van der Waals surface area contributed by atoms with Crippen molar-refractivity contribution in [2.24, 2.45) is 11.8 Å². The Balaban J connectivity index is 1.43. The van der Waals surface area contributed by atoms with Gasteiger partial charge in [-0.25, -0.2) is 0 Å². The highest BCUT2D eigenvalue weighted by molar-refractivity contribution is 5.81. The minimum atomic E-state index is -0.492. The van der Waals surface area contributed by atoms with Crippen molar-refractivity contribution >= 4 is 5.91 Å².